The molecule has 1 aromatic rings. The second-order valence-corrected chi connectivity index (χ2v) is 6.13. The normalized spacial score (nSPS) is 22.2. The first-order valence-corrected chi connectivity index (χ1v) is 7.45. The molecule has 6 heteroatoms. The van der Waals surface area contributed by atoms with Gasteiger partial charge in [-0.1, -0.05) is 0 Å². The van der Waals surface area contributed by atoms with Gasteiger partial charge in [-0.2, -0.15) is 0 Å². The summed E-state index contributed by atoms with van der Waals surface area (Å²) in [4.78, 5) is 2.20. The van der Waals surface area contributed by atoms with Gasteiger partial charge in [-0.15, -0.1) is 0 Å². The number of benzene rings is 1. The van der Waals surface area contributed by atoms with Gasteiger partial charge in [-0.3, -0.25) is 4.90 Å². The minimum absolute atomic E-state index is 0.116. The number of nitrogens with two attached hydrogens (primary N) is 1. The molecule has 0 aliphatic carbocycles. The van der Waals surface area contributed by atoms with Crippen LogP contribution in [0.3, 0.4) is 0 Å². The average Bonchev–Trinajstić information content (AvgIpc) is 2.43. The van der Waals surface area contributed by atoms with E-state index in [1.165, 1.54) is 12.1 Å². The van der Waals surface area contributed by atoms with Crippen molar-refractivity contribution in [3.63, 3.8) is 0 Å². The number of ether oxygens (including phenoxy) is 1. The number of hydrogen-bond donors (Lipinski definition) is 1. The summed E-state index contributed by atoms with van der Waals surface area (Å²) in [6.07, 6.45) is -0.413. The molecule has 0 saturated carbocycles. The van der Waals surface area contributed by atoms with E-state index < -0.39 is 23.8 Å². The smallest absolute Gasteiger partial charge is 0.145 e. The maximum atomic E-state index is 14.1. The Kier molecular flexibility index (Phi) is 5.12. The van der Waals surface area contributed by atoms with Crippen LogP contribution in [0.4, 0.5) is 8.78 Å². The number of nitrogens with zero attached hydrogens (tertiary/aromatic N) is 1. The minimum Gasteiger partial charge on any atom is -0.374 e. The van der Waals surface area contributed by atoms with Crippen LogP contribution < -0.4 is 5.73 Å². The molecule has 0 radical (unpaired) electrons. The monoisotopic (exact) mass is 348 g/mol. The Hall–Kier alpha value is -0.560. The molecule has 0 amide bonds. The van der Waals surface area contributed by atoms with Gasteiger partial charge in [0.05, 0.1) is 23.2 Å². The summed E-state index contributed by atoms with van der Waals surface area (Å²) in [6, 6.07) is 2.08. The lowest BCUT2D eigenvalue weighted by molar-refractivity contribution is -0.0511. The van der Waals surface area contributed by atoms with E-state index in [9.17, 15) is 8.78 Å². The highest BCUT2D eigenvalue weighted by Gasteiger charge is 2.31. The third-order valence-electron chi connectivity index (χ3n) is 3.67. The van der Waals surface area contributed by atoms with Gasteiger partial charge in [0.25, 0.3) is 0 Å². The molecular weight excluding hydrogens is 330 g/mol. The van der Waals surface area contributed by atoms with Gasteiger partial charge in [0.15, 0.2) is 0 Å². The Morgan fingerprint density at radius 2 is 2.10 bits per heavy atom. The number of rotatable bonds is 3. The lowest BCUT2D eigenvalue weighted by Gasteiger charge is -2.38. The first-order chi connectivity index (χ1) is 9.41. The van der Waals surface area contributed by atoms with Crippen LogP contribution in [0.2, 0.25) is 0 Å². The standard InChI is InChI=1S/C14H19BrF2N2O/c1-8(2)19-5-6-20-11(7-19)14(18)12-10(16)4-3-9(15)13(12)17/h3-4,8,11,14H,5-7,18H2,1-2H3. The summed E-state index contributed by atoms with van der Waals surface area (Å²) in [5.74, 6) is -1.29. The van der Waals surface area contributed by atoms with E-state index in [1.54, 1.807) is 0 Å². The van der Waals surface area contributed by atoms with Crippen LogP contribution in [-0.2, 0) is 4.74 Å². The quantitative estimate of drug-likeness (QED) is 0.853. The van der Waals surface area contributed by atoms with E-state index in [4.69, 9.17) is 10.5 Å². The van der Waals surface area contributed by atoms with Crippen LogP contribution in [0, 0.1) is 11.6 Å². The molecule has 1 saturated heterocycles. The fourth-order valence-electron chi connectivity index (χ4n) is 2.42. The topological polar surface area (TPSA) is 38.5 Å². The number of hydrogen-bond acceptors (Lipinski definition) is 3. The van der Waals surface area contributed by atoms with E-state index >= 15 is 0 Å². The summed E-state index contributed by atoms with van der Waals surface area (Å²) in [5, 5.41) is 0. The van der Waals surface area contributed by atoms with Crippen molar-refractivity contribution in [1.29, 1.82) is 0 Å². The predicted molar refractivity (Wildman–Crippen MR) is 77.4 cm³/mol. The minimum atomic E-state index is -0.825. The summed E-state index contributed by atoms with van der Waals surface area (Å²) < 4.78 is 33.8. The van der Waals surface area contributed by atoms with Crippen LogP contribution in [0.25, 0.3) is 0 Å². The van der Waals surface area contributed by atoms with Gasteiger partial charge in [0.1, 0.15) is 11.6 Å². The number of halogens is 3. The molecule has 0 spiro atoms. The SMILES string of the molecule is CC(C)N1CCOC(C(N)c2c(F)ccc(Br)c2F)C1. The lowest BCUT2D eigenvalue weighted by atomic mass is 9.99. The molecule has 2 atom stereocenters. The molecule has 2 N–H and O–H groups in total. The second kappa shape index (κ2) is 6.47. The molecule has 3 nitrogen and oxygen atoms in total. The zero-order chi connectivity index (χ0) is 14.9. The highest BCUT2D eigenvalue weighted by atomic mass is 79.9. The van der Waals surface area contributed by atoms with Gasteiger partial charge in [0, 0.05) is 24.7 Å². The van der Waals surface area contributed by atoms with Crippen LogP contribution >= 0.6 is 15.9 Å². The molecular formula is C14H19BrF2N2O. The zero-order valence-electron chi connectivity index (χ0n) is 11.6. The molecule has 1 heterocycles. The molecule has 112 valence electrons. The van der Waals surface area contributed by atoms with Crippen LogP contribution in [-0.4, -0.2) is 36.7 Å². The van der Waals surface area contributed by atoms with E-state index in [2.05, 4.69) is 34.7 Å². The van der Waals surface area contributed by atoms with Crippen LogP contribution in [0.5, 0.6) is 0 Å². The Morgan fingerprint density at radius 1 is 1.40 bits per heavy atom. The average molecular weight is 349 g/mol. The summed E-state index contributed by atoms with van der Waals surface area (Å²) in [7, 11) is 0. The largest absolute Gasteiger partial charge is 0.374 e. The Labute approximate surface area is 126 Å². The van der Waals surface area contributed by atoms with E-state index in [1.807, 2.05) is 0 Å². The molecule has 1 aromatic carbocycles. The van der Waals surface area contributed by atoms with Crippen molar-refractivity contribution in [1.82, 2.24) is 4.90 Å². The third-order valence-corrected chi connectivity index (χ3v) is 4.28. The highest BCUT2D eigenvalue weighted by molar-refractivity contribution is 9.10. The highest BCUT2D eigenvalue weighted by Crippen LogP contribution is 2.29. The summed E-state index contributed by atoms with van der Waals surface area (Å²) >= 11 is 3.06. The van der Waals surface area contributed by atoms with E-state index in [0.717, 1.165) is 6.54 Å². The van der Waals surface area contributed by atoms with E-state index in [-0.39, 0.29) is 10.0 Å². The molecule has 1 aliphatic rings. The van der Waals surface area contributed by atoms with Crippen molar-refractivity contribution in [2.24, 2.45) is 5.73 Å². The van der Waals surface area contributed by atoms with Gasteiger partial charge < -0.3 is 10.5 Å². The Bertz CT molecular complexity index is 484. The van der Waals surface area contributed by atoms with Gasteiger partial charge in [-0.05, 0) is 41.9 Å². The molecule has 0 aromatic heterocycles. The second-order valence-electron chi connectivity index (χ2n) is 5.28. The fraction of sp³-hybridized carbons (Fsp3) is 0.571. The summed E-state index contributed by atoms with van der Waals surface area (Å²) in [6.45, 7) is 6.06. The van der Waals surface area contributed by atoms with Crippen LogP contribution in [0.15, 0.2) is 16.6 Å². The molecule has 20 heavy (non-hydrogen) atoms. The lowest BCUT2D eigenvalue weighted by Crippen LogP contribution is -2.49. The van der Waals surface area contributed by atoms with Crippen molar-refractivity contribution in [3.8, 4) is 0 Å². The van der Waals surface area contributed by atoms with Gasteiger partial charge in [0.2, 0.25) is 0 Å². The van der Waals surface area contributed by atoms with Crippen LogP contribution in [0.1, 0.15) is 25.5 Å². The summed E-state index contributed by atoms with van der Waals surface area (Å²) in [5.41, 5.74) is 5.93. The van der Waals surface area contributed by atoms with Crippen molar-refractivity contribution >= 4 is 15.9 Å². The maximum absolute atomic E-state index is 14.1. The maximum Gasteiger partial charge on any atom is 0.145 e. The number of morpholine rings is 1. The van der Waals surface area contributed by atoms with E-state index in [0.29, 0.717) is 19.2 Å². The first kappa shape index (κ1) is 15.8. The van der Waals surface area contributed by atoms with Crippen molar-refractivity contribution < 1.29 is 13.5 Å². The molecule has 1 aliphatic heterocycles. The first-order valence-electron chi connectivity index (χ1n) is 6.66. The molecule has 1 fully saturated rings. The zero-order valence-corrected chi connectivity index (χ0v) is 13.2. The molecule has 2 rings (SSSR count). The Morgan fingerprint density at radius 3 is 2.75 bits per heavy atom. The van der Waals surface area contributed by atoms with Gasteiger partial charge >= 0.3 is 0 Å². The van der Waals surface area contributed by atoms with Crippen molar-refractivity contribution in [2.45, 2.75) is 32.0 Å². The third kappa shape index (κ3) is 3.19. The van der Waals surface area contributed by atoms with Crippen molar-refractivity contribution in [3.05, 3.63) is 33.8 Å². The Balaban J connectivity index is 2.23. The fourth-order valence-corrected chi connectivity index (χ4v) is 2.76. The molecule has 2 unspecified atom stereocenters. The van der Waals surface area contributed by atoms with Crippen molar-refractivity contribution in [2.75, 3.05) is 19.7 Å². The predicted octanol–water partition coefficient (Wildman–Crippen LogP) is 2.84. The van der Waals surface area contributed by atoms with Gasteiger partial charge in [-0.25, -0.2) is 8.78 Å². The molecule has 0 bridgehead atoms.